The summed E-state index contributed by atoms with van der Waals surface area (Å²) in [6.07, 6.45) is 0. The maximum atomic E-state index is 5.81. The van der Waals surface area contributed by atoms with Gasteiger partial charge in [-0.25, -0.2) is 0 Å². The summed E-state index contributed by atoms with van der Waals surface area (Å²) in [5, 5.41) is 0. The molecule has 2 N–H and O–H groups in total. The van der Waals surface area contributed by atoms with Gasteiger partial charge in [-0.05, 0) is 30.2 Å². The van der Waals surface area contributed by atoms with Crippen molar-refractivity contribution in [2.45, 2.75) is 13.5 Å². The summed E-state index contributed by atoms with van der Waals surface area (Å²) in [5.74, 6) is 0.889. The normalized spacial score (nSPS) is 13.8. The molecular formula is C16H18N2O. The molecule has 1 aliphatic heterocycles. The third kappa shape index (κ3) is 2.36. The first-order valence-corrected chi connectivity index (χ1v) is 6.56. The van der Waals surface area contributed by atoms with E-state index in [1.54, 1.807) is 0 Å². The van der Waals surface area contributed by atoms with Crippen molar-refractivity contribution in [3.8, 4) is 5.75 Å². The summed E-state index contributed by atoms with van der Waals surface area (Å²) >= 11 is 0. The van der Waals surface area contributed by atoms with E-state index in [0.29, 0.717) is 6.61 Å². The number of nitrogens with zero attached hydrogens (tertiary/aromatic N) is 1. The molecule has 3 heteroatoms. The molecule has 0 saturated carbocycles. The average molecular weight is 254 g/mol. The molecule has 0 atom stereocenters. The molecule has 1 aliphatic rings. The molecule has 0 radical (unpaired) electrons. The van der Waals surface area contributed by atoms with Crippen LogP contribution >= 0.6 is 0 Å². The average Bonchev–Trinajstić information content (AvgIpc) is 2.41. The fraction of sp³-hybridized carbons (Fsp3) is 0.250. The van der Waals surface area contributed by atoms with Crippen LogP contribution in [0.4, 0.5) is 11.4 Å². The Labute approximate surface area is 113 Å². The van der Waals surface area contributed by atoms with Gasteiger partial charge < -0.3 is 15.4 Å². The molecule has 0 unspecified atom stereocenters. The lowest BCUT2D eigenvalue weighted by atomic mass is 10.1. The molecule has 0 saturated heterocycles. The number of benzene rings is 2. The van der Waals surface area contributed by atoms with E-state index in [0.717, 1.165) is 30.2 Å². The van der Waals surface area contributed by atoms with Crippen molar-refractivity contribution in [3.05, 3.63) is 53.6 Å². The first kappa shape index (κ1) is 11.9. The van der Waals surface area contributed by atoms with Crippen LogP contribution in [0.5, 0.6) is 5.75 Å². The van der Waals surface area contributed by atoms with Crippen LogP contribution in [0.25, 0.3) is 0 Å². The highest BCUT2D eigenvalue weighted by molar-refractivity contribution is 5.65. The Morgan fingerprint density at radius 2 is 2.05 bits per heavy atom. The molecule has 0 aromatic heterocycles. The Balaban J connectivity index is 1.90. The predicted molar refractivity (Wildman–Crippen MR) is 78.6 cm³/mol. The molecular weight excluding hydrogens is 236 g/mol. The Morgan fingerprint density at radius 1 is 1.21 bits per heavy atom. The minimum atomic E-state index is 0.711. The maximum absolute atomic E-state index is 5.81. The second-order valence-corrected chi connectivity index (χ2v) is 4.92. The monoisotopic (exact) mass is 254 g/mol. The van der Waals surface area contributed by atoms with E-state index in [9.17, 15) is 0 Å². The number of rotatable bonds is 2. The molecule has 3 rings (SSSR count). The first-order valence-electron chi connectivity index (χ1n) is 6.56. The predicted octanol–water partition coefficient (Wildman–Crippen LogP) is 2.98. The Morgan fingerprint density at radius 3 is 2.89 bits per heavy atom. The molecule has 0 spiro atoms. The lowest BCUT2D eigenvalue weighted by molar-refractivity contribution is 0.307. The number of hydrogen-bond donors (Lipinski definition) is 1. The van der Waals surface area contributed by atoms with Crippen molar-refractivity contribution in [3.63, 3.8) is 0 Å². The van der Waals surface area contributed by atoms with Gasteiger partial charge in [0.1, 0.15) is 12.4 Å². The molecule has 98 valence electrons. The second kappa shape index (κ2) is 4.84. The first-order chi connectivity index (χ1) is 9.24. The number of aryl methyl sites for hydroxylation is 1. The lowest BCUT2D eigenvalue weighted by Crippen LogP contribution is -2.32. The minimum absolute atomic E-state index is 0.711. The van der Waals surface area contributed by atoms with Gasteiger partial charge in [0.25, 0.3) is 0 Å². The number of nitrogens with two attached hydrogens (primary N) is 1. The van der Waals surface area contributed by atoms with Crippen molar-refractivity contribution < 1.29 is 4.74 Å². The van der Waals surface area contributed by atoms with Crippen molar-refractivity contribution in [2.75, 3.05) is 23.8 Å². The van der Waals surface area contributed by atoms with Gasteiger partial charge in [-0.2, -0.15) is 0 Å². The van der Waals surface area contributed by atoms with Gasteiger partial charge in [-0.15, -0.1) is 0 Å². The van der Waals surface area contributed by atoms with Crippen LogP contribution < -0.4 is 15.4 Å². The van der Waals surface area contributed by atoms with Gasteiger partial charge in [0.2, 0.25) is 0 Å². The van der Waals surface area contributed by atoms with Crippen molar-refractivity contribution in [1.82, 2.24) is 0 Å². The Bertz CT molecular complexity index is 595. The SMILES string of the molecule is Cc1ccccc1CN1CCOc2cc(N)ccc21. The fourth-order valence-corrected chi connectivity index (χ4v) is 2.45. The van der Waals surface area contributed by atoms with Gasteiger partial charge in [0.15, 0.2) is 0 Å². The molecule has 0 bridgehead atoms. The standard InChI is InChI=1S/C16H18N2O/c1-12-4-2-3-5-13(12)11-18-8-9-19-16-10-14(17)6-7-15(16)18/h2-7,10H,8-9,11,17H2,1H3. The third-order valence-corrected chi connectivity index (χ3v) is 3.57. The number of fused-ring (bicyclic) bond motifs is 1. The zero-order chi connectivity index (χ0) is 13.2. The molecule has 0 amide bonds. The summed E-state index contributed by atoms with van der Waals surface area (Å²) < 4.78 is 5.68. The molecule has 2 aromatic rings. The quantitative estimate of drug-likeness (QED) is 0.837. The molecule has 19 heavy (non-hydrogen) atoms. The van der Waals surface area contributed by atoms with Crippen molar-refractivity contribution in [2.24, 2.45) is 0 Å². The topological polar surface area (TPSA) is 38.5 Å². The van der Waals surface area contributed by atoms with Crippen LogP contribution in [-0.2, 0) is 6.54 Å². The largest absolute Gasteiger partial charge is 0.489 e. The van der Waals surface area contributed by atoms with Crippen LogP contribution in [0.1, 0.15) is 11.1 Å². The summed E-state index contributed by atoms with van der Waals surface area (Å²) in [5.41, 5.74) is 10.4. The van der Waals surface area contributed by atoms with Crippen LogP contribution in [0.3, 0.4) is 0 Å². The van der Waals surface area contributed by atoms with Crippen LogP contribution in [0.2, 0.25) is 0 Å². The number of hydrogen-bond acceptors (Lipinski definition) is 3. The lowest BCUT2D eigenvalue weighted by Gasteiger charge is -2.31. The van der Waals surface area contributed by atoms with Crippen LogP contribution in [0.15, 0.2) is 42.5 Å². The zero-order valence-electron chi connectivity index (χ0n) is 11.1. The molecule has 1 heterocycles. The van der Waals surface area contributed by atoms with E-state index < -0.39 is 0 Å². The van der Waals surface area contributed by atoms with Crippen molar-refractivity contribution >= 4 is 11.4 Å². The van der Waals surface area contributed by atoms with E-state index in [1.807, 2.05) is 18.2 Å². The second-order valence-electron chi connectivity index (χ2n) is 4.92. The maximum Gasteiger partial charge on any atom is 0.144 e. The Hall–Kier alpha value is -2.16. The van der Waals surface area contributed by atoms with Gasteiger partial charge in [0, 0.05) is 18.3 Å². The molecule has 2 aromatic carbocycles. The number of anilines is 2. The molecule has 0 fully saturated rings. The Kier molecular flexibility index (Phi) is 3.03. The van der Waals surface area contributed by atoms with E-state index in [2.05, 4.69) is 36.1 Å². The van der Waals surface area contributed by atoms with Gasteiger partial charge in [-0.3, -0.25) is 0 Å². The summed E-state index contributed by atoms with van der Waals surface area (Å²) in [4.78, 5) is 2.35. The zero-order valence-corrected chi connectivity index (χ0v) is 11.1. The minimum Gasteiger partial charge on any atom is -0.489 e. The highest BCUT2D eigenvalue weighted by Crippen LogP contribution is 2.34. The molecule has 0 aliphatic carbocycles. The van der Waals surface area contributed by atoms with Crippen molar-refractivity contribution in [1.29, 1.82) is 0 Å². The summed E-state index contributed by atoms with van der Waals surface area (Å²) in [6.45, 7) is 4.68. The van der Waals surface area contributed by atoms with E-state index in [4.69, 9.17) is 10.5 Å². The highest BCUT2D eigenvalue weighted by Gasteiger charge is 2.18. The number of nitrogen functional groups attached to an aromatic ring is 1. The third-order valence-electron chi connectivity index (χ3n) is 3.57. The van der Waals surface area contributed by atoms with Gasteiger partial charge >= 0.3 is 0 Å². The van der Waals surface area contributed by atoms with E-state index >= 15 is 0 Å². The van der Waals surface area contributed by atoms with Gasteiger partial charge in [-0.1, -0.05) is 24.3 Å². The van der Waals surface area contributed by atoms with E-state index in [-0.39, 0.29) is 0 Å². The molecule has 3 nitrogen and oxygen atoms in total. The highest BCUT2D eigenvalue weighted by atomic mass is 16.5. The smallest absolute Gasteiger partial charge is 0.144 e. The van der Waals surface area contributed by atoms with Crippen LogP contribution in [-0.4, -0.2) is 13.2 Å². The van der Waals surface area contributed by atoms with Crippen LogP contribution in [0, 0.1) is 6.92 Å². The fourth-order valence-electron chi connectivity index (χ4n) is 2.45. The summed E-state index contributed by atoms with van der Waals surface area (Å²) in [6, 6.07) is 14.4. The number of ether oxygens (including phenoxy) is 1. The van der Waals surface area contributed by atoms with E-state index in [1.165, 1.54) is 11.1 Å². The summed E-state index contributed by atoms with van der Waals surface area (Å²) in [7, 11) is 0. The van der Waals surface area contributed by atoms with Gasteiger partial charge in [0.05, 0.1) is 12.2 Å².